The van der Waals surface area contributed by atoms with Crippen LogP contribution in [0, 0.1) is 0 Å². The number of rotatable bonds is 54. The Morgan fingerprint density at radius 1 is 0.299 bits per heavy atom. The van der Waals surface area contributed by atoms with Gasteiger partial charge in [-0.3, -0.25) is 14.4 Å². The van der Waals surface area contributed by atoms with Crippen molar-refractivity contribution in [3.63, 3.8) is 0 Å². The first-order chi connectivity index (χ1) is 33.0. The number of esters is 3. The second kappa shape index (κ2) is 56.2. The summed E-state index contributed by atoms with van der Waals surface area (Å²) in [6.07, 6.45) is 67.1. The Hall–Kier alpha value is -2.37. The fraction of sp³-hybridized carbons (Fsp3) is 0.852. The van der Waals surface area contributed by atoms with Crippen LogP contribution in [0.2, 0.25) is 0 Å². The summed E-state index contributed by atoms with van der Waals surface area (Å²) in [4.78, 5) is 38.1. The first-order valence-electron chi connectivity index (χ1n) is 29.5. The van der Waals surface area contributed by atoms with Crippen molar-refractivity contribution >= 4 is 17.9 Å². The summed E-state index contributed by atoms with van der Waals surface area (Å²) in [7, 11) is 0. The lowest BCUT2D eigenvalue weighted by molar-refractivity contribution is -0.167. The molecule has 0 rings (SSSR count). The van der Waals surface area contributed by atoms with Crippen molar-refractivity contribution < 1.29 is 28.6 Å². The normalized spacial score (nSPS) is 12.2. The van der Waals surface area contributed by atoms with Crippen molar-refractivity contribution in [2.45, 2.75) is 322 Å². The number of hydrogen-bond donors (Lipinski definition) is 0. The molecule has 0 aliphatic carbocycles. The van der Waals surface area contributed by atoms with Crippen LogP contribution in [0.5, 0.6) is 0 Å². The Labute approximate surface area is 416 Å². The van der Waals surface area contributed by atoms with Crippen molar-refractivity contribution in [2.75, 3.05) is 13.2 Å². The number of carbonyl (C=O) groups is 3. The van der Waals surface area contributed by atoms with Crippen LogP contribution in [-0.2, 0) is 28.6 Å². The highest BCUT2D eigenvalue weighted by atomic mass is 16.6. The molecular weight excluding hydrogens is 829 g/mol. The van der Waals surface area contributed by atoms with Gasteiger partial charge in [-0.05, 0) is 57.8 Å². The summed E-state index contributed by atoms with van der Waals surface area (Å²) in [6.45, 7) is 6.63. The maximum atomic E-state index is 12.8. The van der Waals surface area contributed by atoms with Gasteiger partial charge in [0.25, 0.3) is 0 Å². The van der Waals surface area contributed by atoms with Crippen LogP contribution in [0.3, 0.4) is 0 Å². The van der Waals surface area contributed by atoms with Gasteiger partial charge in [0.1, 0.15) is 13.2 Å². The van der Waals surface area contributed by atoms with Crippen molar-refractivity contribution in [1.29, 1.82) is 0 Å². The van der Waals surface area contributed by atoms with E-state index < -0.39 is 6.10 Å². The van der Waals surface area contributed by atoms with Gasteiger partial charge < -0.3 is 14.2 Å². The monoisotopic (exact) mass is 941 g/mol. The molecule has 6 nitrogen and oxygen atoms in total. The molecule has 0 N–H and O–H groups in total. The van der Waals surface area contributed by atoms with Crippen molar-refractivity contribution in [1.82, 2.24) is 0 Å². The topological polar surface area (TPSA) is 78.9 Å². The number of carbonyl (C=O) groups excluding carboxylic acids is 3. The molecule has 6 heteroatoms. The Bertz CT molecular complexity index is 1130. The molecule has 1 atom stereocenters. The highest BCUT2D eigenvalue weighted by molar-refractivity contribution is 5.71. The molecule has 0 saturated heterocycles. The average molecular weight is 942 g/mol. The summed E-state index contributed by atoms with van der Waals surface area (Å²) in [5.41, 5.74) is 0. The molecule has 0 radical (unpaired) electrons. The highest BCUT2D eigenvalue weighted by Crippen LogP contribution is 2.17. The lowest BCUT2D eigenvalue weighted by Gasteiger charge is -2.18. The first-order valence-corrected chi connectivity index (χ1v) is 29.5. The summed E-state index contributed by atoms with van der Waals surface area (Å²) < 4.78 is 16.9. The smallest absolute Gasteiger partial charge is 0.306 e. The molecule has 0 amide bonds. The van der Waals surface area contributed by atoms with Gasteiger partial charge in [-0.1, -0.05) is 276 Å². The van der Waals surface area contributed by atoms with Crippen molar-refractivity contribution in [2.24, 2.45) is 0 Å². The Morgan fingerprint density at radius 3 is 0.866 bits per heavy atom. The van der Waals surface area contributed by atoms with Crippen LogP contribution in [0.1, 0.15) is 316 Å². The average Bonchev–Trinajstić information content (AvgIpc) is 3.33. The first kappa shape index (κ1) is 64.6. The third kappa shape index (κ3) is 54.4. The molecule has 0 spiro atoms. The van der Waals surface area contributed by atoms with Gasteiger partial charge in [0, 0.05) is 19.3 Å². The summed E-state index contributed by atoms with van der Waals surface area (Å²) in [5, 5.41) is 0. The van der Waals surface area contributed by atoms with Crippen LogP contribution in [-0.4, -0.2) is 37.2 Å². The molecule has 67 heavy (non-hydrogen) atoms. The van der Waals surface area contributed by atoms with Gasteiger partial charge in [-0.2, -0.15) is 0 Å². The number of hydrogen-bond acceptors (Lipinski definition) is 6. The minimum absolute atomic E-state index is 0.0746. The van der Waals surface area contributed by atoms with E-state index >= 15 is 0 Å². The molecule has 0 aromatic heterocycles. The van der Waals surface area contributed by atoms with E-state index in [0.717, 1.165) is 83.5 Å². The molecule has 0 fully saturated rings. The van der Waals surface area contributed by atoms with Gasteiger partial charge in [0.05, 0.1) is 0 Å². The molecule has 0 aliphatic heterocycles. The zero-order valence-electron chi connectivity index (χ0n) is 44.9. The molecule has 0 heterocycles. The highest BCUT2D eigenvalue weighted by Gasteiger charge is 2.19. The molecule has 0 aromatic carbocycles. The van der Waals surface area contributed by atoms with E-state index in [0.29, 0.717) is 19.3 Å². The Kier molecular flexibility index (Phi) is 54.2. The van der Waals surface area contributed by atoms with E-state index in [4.69, 9.17) is 14.2 Å². The van der Waals surface area contributed by atoms with Crippen LogP contribution >= 0.6 is 0 Å². The second-order valence-electron chi connectivity index (χ2n) is 19.9. The lowest BCUT2D eigenvalue weighted by Crippen LogP contribution is -2.30. The predicted octanol–water partition coefficient (Wildman–Crippen LogP) is 19.7. The third-order valence-electron chi connectivity index (χ3n) is 13.1. The van der Waals surface area contributed by atoms with Crippen LogP contribution < -0.4 is 0 Å². The molecule has 392 valence electrons. The molecule has 0 unspecified atom stereocenters. The standard InChI is InChI=1S/C61H112O6/c1-4-7-10-13-16-19-22-24-26-28-29-30-31-33-35-37-40-42-45-48-51-54-60(63)66-57-58(67-61(64)55-52-49-46-43-38-21-18-15-12-9-6-3)56-65-59(62)53-50-47-44-41-39-36-34-32-27-25-23-20-17-14-11-8-5-2/h17,20,25,27,34,36,58H,4-16,18-19,21-24,26,28-33,35,37-57H2,1-3H3/b20-17-,27-25-,36-34-/t58-/m1/s1. The zero-order chi connectivity index (χ0) is 48.6. The van der Waals surface area contributed by atoms with E-state index in [2.05, 4.69) is 57.2 Å². The van der Waals surface area contributed by atoms with Crippen molar-refractivity contribution in [3.05, 3.63) is 36.5 Å². The fourth-order valence-corrected chi connectivity index (χ4v) is 8.69. The third-order valence-corrected chi connectivity index (χ3v) is 13.1. The predicted molar refractivity (Wildman–Crippen MR) is 289 cm³/mol. The van der Waals surface area contributed by atoms with E-state index in [-0.39, 0.29) is 31.1 Å². The number of unbranched alkanes of at least 4 members (excludes halogenated alkanes) is 37. The van der Waals surface area contributed by atoms with E-state index in [1.54, 1.807) is 0 Å². The van der Waals surface area contributed by atoms with Crippen LogP contribution in [0.25, 0.3) is 0 Å². The van der Waals surface area contributed by atoms with Crippen LogP contribution in [0.4, 0.5) is 0 Å². The lowest BCUT2D eigenvalue weighted by atomic mass is 10.0. The van der Waals surface area contributed by atoms with Crippen LogP contribution in [0.15, 0.2) is 36.5 Å². The molecule has 0 saturated carbocycles. The van der Waals surface area contributed by atoms with Gasteiger partial charge in [-0.15, -0.1) is 0 Å². The number of allylic oxidation sites excluding steroid dienone is 6. The van der Waals surface area contributed by atoms with Gasteiger partial charge >= 0.3 is 17.9 Å². The minimum Gasteiger partial charge on any atom is -0.462 e. The zero-order valence-corrected chi connectivity index (χ0v) is 44.9. The van der Waals surface area contributed by atoms with Gasteiger partial charge in [0.15, 0.2) is 6.10 Å². The largest absolute Gasteiger partial charge is 0.462 e. The SMILES string of the molecule is CCCCC/C=C\C/C=C\C/C=C\CCCCCCC(=O)OC[C@H](COC(=O)CCCCCCCCCCCCCCCCCCCCCCC)OC(=O)CCCCCCCCCCCCC. The Morgan fingerprint density at radius 2 is 0.537 bits per heavy atom. The molecule has 0 bridgehead atoms. The maximum Gasteiger partial charge on any atom is 0.306 e. The molecule has 0 aromatic rings. The summed E-state index contributed by atoms with van der Waals surface area (Å²) in [5.74, 6) is -0.879. The number of ether oxygens (including phenoxy) is 3. The van der Waals surface area contributed by atoms with E-state index in [9.17, 15) is 14.4 Å². The molecule has 0 aliphatic rings. The fourth-order valence-electron chi connectivity index (χ4n) is 8.69. The minimum atomic E-state index is -0.776. The van der Waals surface area contributed by atoms with Gasteiger partial charge in [0.2, 0.25) is 0 Å². The van der Waals surface area contributed by atoms with E-state index in [1.165, 1.54) is 193 Å². The summed E-state index contributed by atoms with van der Waals surface area (Å²) >= 11 is 0. The molecular formula is C61H112O6. The quantitative estimate of drug-likeness (QED) is 0.0262. The van der Waals surface area contributed by atoms with E-state index in [1.807, 2.05) is 0 Å². The second-order valence-corrected chi connectivity index (χ2v) is 19.9. The van der Waals surface area contributed by atoms with Gasteiger partial charge in [-0.25, -0.2) is 0 Å². The maximum absolute atomic E-state index is 12.8. The summed E-state index contributed by atoms with van der Waals surface area (Å²) in [6, 6.07) is 0. The Balaban J connectivity index is 4.27. The van der Waals surface area contributed by atoms with Crippen molar-refractivity contribution in [3.8, 4) is 0 Å².